The second-order valence-electron chi connectivity index (χ2n) is 4.14. The van der Waals surface area contributed by atoms with Crippen LogP contribution in [0.15, 0.2) is 36.4 Å². The highest BCUT2D eigenvalue weighted by Crippen LogP contribution is 2.24. The molecule has 0 radical (unpaired) electrons. The second kappa shape index (κ2) is 5.55. The van der Waals surface area contributed by atoms with Crippen LogP contribution in [0.25, 0.3) is 0 Å². The molecule has 0 amide bonds. The molecule has 0 heterocycles. The predicted octanol–water partition coefficient (Wildman–Crippen LogP) is 4.17. The molecule has 0 aliphatic heterocycles. The van der Waals surface area contributed by atoms with Crippen molar-refractivity contribution in [3.8, 4) is 0 Å². The van der Waals surface area contributed by atoms with Crippen molar-refractivity contribution in [2.24, 2.45) is 5.73 Å². The summed E-state index contributed by atoms with van der Waals surface area (Å²) in [5.41, 5.74) is 8.41. The zero-order valence-corrected chi connectivity index (χ0v) is 11.8. The molecule has 0 fully saturated rings. The molecule has 2 aromatic rings. The van der Waals surface area contributed by atoms with Crippen molar-refractivity contribution in [1.29, 1.82) is 0 Å². The Labute approximate surface area is 121 Å². The lowest BCUT2D eigenvalue weighted by Crippen LogP contribution is -2.11. The van der Waals surface area contributed by atoms with Crippen LogP contribution in [0.2, 0.25) is 5.02 Å². The van der Waals surface area contributed by atoms with Crippen molar-refractivity contribution < 1.29 is 4.39 Å². The Morgan fingerprint density at radius 1 is 1.26 bits per heavy atom. The molecule has 0 saturated carbocycles. The normalized spacial score (nSPS) is 10.3. The van der Waals surface area contributed by atoms with E-state index < -0.39 is 0 Å². The van der Waals surface area contributed by atoms with E-state index in [0.29, 0.717) is 15.7 Å². The maximum atomic E-state index is 13.6. The quantitative estimate of drug-likeness (QED) is 0.835. The van der Waals surface area contributed by atoms with Crippen LogP contribution >= 0.6 is 23.8 Å². The van der Waals surface area contributed by atoms with Crippen LogP contribution in [0.1, 0.15) is 11.1 Å². The van der Waals surface area contributed by atoms with E-state index in [9.17, 15) is 4.39 Å². The van der Waals surface area contributed by atoms with E-state index >= 15 is 0 Å². The number of halogens is 2. The van der Waals surface area contributed by atoms with Gasteiger partial charge in [-0.2, -0.15) is 0 Å². The Hall–Kier alpha value is -1.65. The Balaban J connectivity index is 2.31. The highest BCUT2D eigenvalue weighted by atomic mass is 35.5. The summed E-state index contributed by atoms with van der Waals surface area (Å²) < 4.78 is 13.6. The highest BCUT2D eigenvalue weighted by Gasteiger charge is 2.06. The third-order valence-electron chi connectivity index (χ3n) is 2.70. The first kappa shape index (κ1) is 13.8. The average Bonchev–Trinajstić information content (AvgIpc) is 2.33. The van der Waals surface area contributed by atoms with Crippen molar-refractivity contribution >= 4 is 40.2 Å². The molecule has 2 rings (SSSR count). The van der Waals surface area contributed by atoms with Gasteiger partial charge < -0.3 is 11.1 Å². The van der Waals surface area contributed by atoms with Gasteiger partial charge in [-0.15, -0.1) is 0 Å². The van der Waals surface area contributed by atoms with Crippen LogP contribution < -0.4 is 11.1 Å². The van der Waals surface area contributed by atoms with E-state index in [4.69, 9.17) is 29.6 Å². The first-order valence-electron chi connectivity index (χ1n) is 5.60. The molecule has 0 aliphatic rings. The van der Waals surface area contributed by atoms with Gasteiger partial charge in [0.15, 0.2) is 0 Å². The Morgan fingerprint density at radius 3 is 2.63 bits per heavy atom. The van der Waals surface area contributed by atoms with Gasteiger partial charge in [0.2, 0.25) is 0 Å². The van der Waals surface area contributed by atoms with E-state index in [1.165, 1.54) is 18.2 Å². The first-order valence-corrected chi connectivity index (χ1v) is 6.38. The summed E-state index contributed by atoms with van der Waals surface area (Å²) in [6.07, 6.45) is 0. The molecule has 0 spiro atoms. The fraction of sp³-hybridized carbons (Fsp3) is 0.0714. The van der Waals surface area contributed by atoms with Gasteiger partial charge in [0.1, 0.15) is 10.8 Å². The van der Waals surface area contributed by atoms with E-state index in [0.717, 1.165) is 16.8 Å². The summed E-state index contributed by atoms with van der Waals surface area (Å²) in [5.74, 6) is -0.361. The van der Waals surface area contributed by atoms with Gasteiger partial charge in [0, 0.05) is 16.3 Å². The summed E-state index contributed by atoms with van der Waals surface area (Å²) in [5, 5.41) is 3.45. The summed E-state index contributed by atoms with van der Waals surface area (Å²) in [6.45, 7) is 1.90. The molecule has 19 heavy (non-hydrogen) atoms. The standard InChI is InChI=1S/C14H12ClFN2S/c1-8-6-10(3-4-11(8)14(17)19)18-13-7-9(15)2-5-12(13)16/h2-7,18H,1H3,(H2,17,19). The van der Waals surface area contributed by atoms with Gasteiger partial charge in [0.25, 0.3) is 0 Å². The summed E-state index contributed by atoms with van der Waals surface area (Å²) in [6, 6.07) is 9.82. The number of aryl methyl sites for hydroxylation is 1. The van der Waals surface area contributed by atoms with Gasteiger partial charge in [-0.1, -0.05) is 23.8 Å². The van der Waals surface area contributed by atoms with Crippen molar-refractivity contribution in [2.45, 2.75) is 6.92 Å². The lowest BCUT2D eigenvalue weighted by molar-refractivity contribution is 0.632. The van der Waals surface area contributed by atoms with Gasteiger partial charge >= 0.3 is 0 Å². The minimum absolute atomic E-state index is 0.329. The maximum Gasteiger partial charge on any atom is 0.146 e. The topological polar surface area (TPSA) is 38.0 Å². The van der Waals surface area contributed by atoms with Crippen molar-refractivity contribution in [3.05, 3.63) is 58.4 Å². The highest BCUT2D eigenvalue weighted by molar-refractivity contribution is 7.80. The molecule has 3 N–H and O–H groups in total. The SMILES string of the molecule is Cc1cc(Nc2cc(Cl)ccc2F)ccc1C(N)=S. The number of rotatable bonds is 3. The predicted molar refractivity (Wildman–Crippen MR) is 81.8 cm³/mol. The second-order valence-corrected chi connectivity index (χ2v) is 5.02. The van der Waals surface area contributed by atoms with Crippen molar-refractivity contribution in [3.63, 3.8) is 0 Å². The summed E-state index contributed by atoms with van der Waals surface area (Å²) in [7, 11) is 0. The number of benzene rings is 2. The number of nitrogens with two attached hydrogens (primary N) is 1. The monoisotopic (exact) mass is 294 g/mol. The van der Waals surface area contributed by atoms with Gasteiger partial charge in [-0.05, 0) is 48.9 Å². The molecule has 5 heteroatoms. The van der Waals surface area contributed by atoms with E-state index in [1.54, 1.807) is 6.07 Å². The Kier molecular flexibility index (Phi) is 4.02. The molecule has 2 nitrogen and oxygen atoms in total. The van der Waals surface area contributed by atoms with Gasteiger partial charge in [0.05, 0.1) is 5.69 Å². The van der Waals surface area contributed by atoms with Crippen LogP contribution in [-0.2, 0) is 0 Å². The van der Waals surface area contributed by atoms with Gasteiger partial charge in [-0.25, -0.2) is 4.39 Å². The Morgan fingerprint density at radius 2 is 2.00 bits per heavy atom. The van der Waals surface area contributed by atoms with E-state index in [2.05, 4.69) is 5.32 Å². The number of hydrogen-bond donors (Lipinski definition) is 2. The van der Waals surface area contributed by atoms with Crippen LogP contribution in [0.3, 0.4) is 0 Å². The smallest absolute Gasteiger partial charge is 0.146 e. The molecule has 98 valence electrons. The van der Waals surface area contributed by atoms with E-state index in [1.807, 2.05) is 19.1 Å². The third kappa shape index (κ3) is 3.22. The fourth-order valence-electron chi connectivity index (χ4n) is 1.77. The van der Waals surface area contributed by atoms with Crippen LogP contribution in [0.5, 0.6) is 0 Å². The molecular formula is C14H12ClFN2S. The Bertz CT molecular complexity index is 643. The summed E-state index contributed by atoms with van der Waals surface area (Å²) >= 11 is 10.8. The van der Waals surface area contributed by atoms with E-state index in [-0.39, 0.29) is 5.82 Å². The molecule has 0 aliphatic carbocycles. The van der Waals surface area contributed by atoms with Gasteiger partial charge in [-0.3, -0.25) is 0 Å². The molecule has 0 unspecified atom stereocenters. The average molecular weight is 295 g/mol. The lowest BCUT2D eigenvalue weighted by atomic mass is 10.1. The number of hydrogen-bond acceptors (Lipinski definition) is 2. The molecular weight excluding hydrogens is 283 g/mol. The first-order chi connectivity index (χ1) is 8.97. The lowest BCUT2D eigenvalue weighted by Gasteiger charge is -2.11. The molecule has 0 saturated heterocycles. The van der Waals surface area contributed by atoms with Crippen LogP contribution in [0.4, 0.5) is 15.8 Å². The van der Waals surface area contributed by atoms with Crippen LogP contribution in [-0.4, -0.2) is 4.99 Å². The third-order valence-corrected chi connectivity index (χ3v) is 3.15. The fourth-order valence-corrected chi connectivity index (χ4v) is 2.17. The largest absolute Gasteiger partial charge is 0.389 e. The zero-order valence-electron chi connectivity index (χ0n) is 10.2. The number of thiocarbonyl (C=S) groups is 1. The maximum absolute atomic E-state index is 13.6. The number of anilines is 2. The molecule has 0 aromatic heterocycles. The van der Waals surface area contributed by atoms with Crippen LogP contribution in [0, 0.1) is 12.7 Å². The molecule has 0 bridgehead atoms. The minimum Gasteiger partial charge on any atom is -0.389 e. The molecule has 2 aromatic carbocycles. The summed E-state index contributed by atoms with van der Waals surface area (Å²) in [4.78, 5) is 0.345. The van der Waals surface area contributed by atoms with Crippen molar-refractivity contribution in [2.75, 3.05) is 5.32 Å². The number of nitrogens with one attached hydrogen (secondary N) is 1. The molecule has 0 atom stereocenters. The zero-order chi connectivity index (χ0) is 14.0. The minimum atomic E-state index is -0.361. The van der Waals surface area contributed by atoms with Crippen molar-refractivity contribution in [1.82, 2.24) is 0 Å².